The molecule has 2 aromatic heterocycles. The number of hydrogen-bond acceptors (Lipinski definition) is 6. The highest BCUT2D eigenvalue weighted by molar-refractivity contribution is 5.92. The zero-order valence-corrected chi connectivity index (χ0v) is 14.1. The molecule has 7 nitrogen and oxygen atoms in total. The SMILES string of the molecule is O=C(c1cnccn1)N1CCc2c(CN3CCOCC3)cncc2C1. The summed E-state index contributed by atoms with van der Waals surface area (Å²) in [6.45, 7) is 5.68. The Kier molecular flexibility index (Phi) is 4.67. The fourth-order valence-corrected chi connectivity index (χ4v) is 3.45. The summed E-state index contributed by atoms with van der Waals surface area (Å²) in [6, 6.07) is 0. The van der Waals surface area contributed by atoms with Crippen LogP contribution < -0.4 is 0 Å². The normalized spacial score (nSPS) is 18.0. The Morgan fingerprint density at radius 1 is 1.08 bits per heavy atom. The van der Waals surface area contributed by atoms with Crippen molar-refractivity contribution in [3.8, 4) is 0 Å². The standard InChI is InChI=1S/C18H21N5O2/c24-18(17-11-19-2-3-21-17)23-4-1-16-14(9-20-10-15(16)13-23)12-22-5-7-25-8-6-22/h2-3,9-11H,1,4-8,12-13H2. The van der Waals surface area contributed by atoms with Gasteiger partial charge in [-0.05, 0) is 23.1 Å². The van der Waals surface area contributed by atoms with Crippen molar-refractivity contribution in [3.05, 3.63) is 53.4 Å². The Balaban J connectivity index is 1.50. The van der Waals surface area contributed by atoms with E-state index in [1.807, 2.05) is 17.3 Å². The summed E-state index contributed by atoms with van der Waals surface area (Å²) in [5.41, 5.74) is 4.13. The number of fused-ring (bicyclic) bond motifs is 1. The van der Waals surface area contributed by atoms with Crippen LogP contribution in [0.15, 0.2) is 31.0 Å². The first kappa shape index (κ1) is 16.1. The lowest BCUT2D eigenvalue weighted by Crippen LogP contribution is -2.38. The molecule has 0 aromatic carbocycles. The summed E-state index contributed by atoms with van der Waals surface area (Å²) in [7, 11) is 0. The molecular weight excluding hydrogens is 318 g/mol. The largest absolute Gasteiger partial charge is 0.379 e. The zero-order chi connectivity index (χ0) is 17.1. The Morgan fingerprint density at radius 3 is 2.76 bits per heavy atom. The first-order valence-corrected chi connectivity index (χ1v) is 8.61. The van der Waals surface area contributed by atoms with Gasteiger partial charge in [-0.15, -0.1) is 0 Å². The van der Waals surface area contributed by atoms with Gasteiger partial charge in [0.1, 0.15) is 5.69 Å². The number of aromatic nitrogens is 3. The van der Waals surface area contributed by atoms with Crippen molar-refractivity contribution in [3.63, 3.8) is 0 Å². The zero-order valence-electron chi connectivity index (χ0n) is 14.1. The van der Waals surface area contributed by atoms with Crippen LogP contribution in [-0.4, -0.2) is 63.5 Å². The third kappa shape index (κ3) is 3.52. The topological polar surface area (TPSA) is 71.5 Å². The predicted molar refractivity (Wildman–Crippen MR) is 90.8 cm³/mol. The van der Waals surface area contributed by atoms with Crippen molar-refractivity contribution >= 4 is 5.91 Å². The smallest absolute Gasteiger partial charge is 0.274 e. The van der Waals surface area contributed by atoms with Gasteiger partial charge in [0.15, 0.2) is 0 Å². The molecule has 0 N–H and O–H groups in total. The van der Waals surface area contributed by atoms with Crippen LogP contribution in [0.25, 0.3) is 0 Å². The van der Waals surface area contributed by atoms with Crippen LogP contribution in [-0.2, 0) is 24.2 Å². The molecule has 0 aliphatic carbocycles. The van der Waals surface area contributed by atoms with Crippen LogP contribution in [0.1, 0.15) is 27.2 Å². The van der Waals surface area contributed by atoms with Gasteiger partial charge in [0, 0.05) is 57.5 Å². The van der Waals surface area contributed by atoms with E-state index < -0.39 is 0 Å². The lowest BCUT2D eigenvalue weighted by molar-refractivity contribution is 0.0339. The van der Waals surface area contributed by atoms with Crippen molar-refractivity contribution in [1.29, 1.82) is 0 Å². The molecule has 1 fully saturated rings. The molecule has 0 bridgehead atoms. The van der Waals surface area contributed by atoms with Crippen LogP contribution >= 0.6 is 0 Å². The molecule has 130 valence electrons. The maximum Gasteiger partial charge on any atom is 0.274 e. The van der Waals surface area contributed by atoms with E-state index in [-0.39, 0.29) is 5.91 Å². The van der Waals surface area contributed by atoms with Gasteiger partial charge in [-0.25, -0.2) is 4.98 Å². The van der Waals surface area contributed by atoms with E-state index in [0.717, 1.165) is 44.8 Å². The lowest BCUT2D eigenvalue weighted by Gasteiger charge is -2.31. The van der Waals surface area contributed by atoms with Gasteiger partial charge >= 0.3 is 0 Å². The quantitative estimate of drug-likeness (QED) is 0.827. The van der Waals surface area contributed by atoms with Crippen molar-refractivity contribution in [2.75, 3.05) is 32.8 Å². The number of rotatable bonds is 3. The van der Waals surface area contributed by atoms with Crippen LogP contribution in [0.4, 0.5) is 0 Å². The Morgan fingerprint density at radius 2 is 1.96 bits per heavy atom. The van der Waals surface area contributed by atoms with Crippen molar-refractivity contribution in [2.24, 2.45) is 0 Å². The molecule has 2 aromatic rings. The van der Waals surface area contributed by atoms with Crippen LogP contribution in [0, 0.1) is 0 Å². The lowest BCUT2D eigenvalue weighted by atomic mass is 9.96. The van der Waals surface area contributed by atoms with Gasteiger partial charge in [-0.2, -0.15) is 0 Å². The van der Waals surface area contributed by atoms with E-state index in [1.165, 1.54) is 17.3 Å². The molecule has 2 aliphatic rings. The summed E-state index contributed by atoms with van der Waals surface area (Å²) in [5.74, 6) is -0.0719. The number of ether oxygens (including phenoxy) is 1. The van der Waals surface area contributed by atoms with E-state index >= 15 is 0 Å². The molecule has 2 aliphatic heterocycles. The predicted octanol–water partition coefficient (Wildman–Crippen LogP) is 0.902. The molecule has 0 radical (unpaired) electrons. The minimum Gasteiger partial charge on any atom is -0.379 e. The van der Waals surface area contributed by atoms with Crippen molar-refractivity contribution in [1.82, 2.24) is 24.8 Å². The average Bonchev–Trinajstić information content (AvgIpc) is 2.69. The highest BCUT2D eigenvalue weighted by Gasteiger charge is 2.25. The summed E-state index contributed by atoms with van der Waals surface area (Å²) in [6.07, 6.45) is 9.34. The fraction of sp³-hybridized carbons (Fsp3) is 0.444. The third-order valence-corrected chi connectivity index (χ3v) is 4.80. The monoisotopic (exact) mass is 339 g/mol. The van der Waals surface area contributed by atoms with Gasteiger partial charge in [0.2, 0.25) is 0 Å². The van der Waals surface area contributed by atoms with E-state index in [2.05, 4.69) is 19.9 Å². The molecule has 4 rings (SSSR count). The first-order valence-electron chi connectivity index (χ1n) is 8.61. The highest BCUT2D eigenvalue weighted by Crippen LogP contribution is 2.23. The number of carbonyl (C=O) groups excluding carboxylic acids is 1. The number of carbonyl (C=O) groups is 1. The molecule has 1 amide bonds. The van der Waals surface area contributed by atoms with Gasteiger partial charge in [-0.3, -0.25) is 19.7 Å². The number of nitrogens with zero attached hydrogens (tertiary/aromatic N) is 5. The van der Waals surface area contributed by atoms with E-state index in [1.54, 1.807) is 12.4 Å². The second-order valence-corrected chi connectivity index (χ2v) is 6.39. The van der Waals surface area contributed by atoms with Crippen molar-refractivity contribution in [2.45, 2.75) is 19.5 Å². The van der Waals surface area contributed by atoms with Crippen LogP contribution in [0.2, 0.25) is 0 Å². The Labute approximate surface area is 146 Å². The molecule has 25 heavy (non-hydrogen) atoms. The number of amides is 1. The average molecular weight is 339 g/mol. The molecule has 1 saturated heterocycles. The molecular formula is C18H21N5O2. The molecule has 0 spiro atoms. The first-order chi connectivity index (χ1) is 12.3. The maximum atomic E-state index is 12.6. The summed E-state index contributed by atoms with van der Waals surface area (Å²) >= 11 is 0. The number of hydrogen-bond donors (Lipinski definition) is 0. The molecule has 4 heterocycles. The molecule has 0 atom stereocenters. The van der Waals surface area contributed by atoms with Gasteiger partial charge < -0.3 is 9.64 Å². The summed E-state index contributed by atoms with van der Waals surface area (Å²) in [4.78, 5) is 29.3. The fourth-order valence-electron chi connectivity index (χ4n) is 3.45. The maximum absolute atomic E-state index is 12.6. The minimum absolute atomic E-state index is 0.0719. The minimum atomic E-state index is -0.0719. The molecule has 0 unspecified atom stereocenters. The molecule has 7 heteroatoms. The van der Waals surface area contributed by atoms with E-state index in [9.17, 15) is 4.79 Å². The second-order valence-electron chi connectivity index (χ2n) is 6.39. The second kappa shape index (κ2) is 7.25. The van der Waals surface area contributed by atoms with E-state index in [0.29, 0.717) is 18.8 Å². The van der Waals surface area contributed by atoms with Gasteiger partial charge in [-0.1, -0.05) is 0 Å². The van der Waals surface area contributed by atoms with Crippen LogP contribution in [0.3, 0.4) is 0 Å². The number of pyridine rings is 1. The van der Waals surface area contributed by atoms with Gasteiger partial charge in [0.25, 0.3) is 5.91 Å². The highest BCUT2D eigenvalue weighted by atomic mass is 16.5. The molecule has 0 saturated carbocycles. The van der Waals surface area contributed by atoms with Crippen molar-refractivity contribution < 1.29 is 9.53 Å². The Hall–Kier alpha value is -2.38. The van der Waals surface area contributed by atoms with Gasteiger partial charge in [0.05, 0.1) is 19.4 Å². The Bertz CT molecular complexity index is 746. The summed E-state index contributed by atoms with van der Waals surface area (Å²) < 4.78 is 5.42. The van der Waals surface area contributed by atoms with Crippen LogP contribution in [0.5, 0.6) is 0 Å². The third-order valence-electron chi connectivity index (χ3n) is 4.80. The number of morpholine rings is 1. The van der Waals surface area contributed by atoms with E-state index in [4.69, 9.17) is 4.74 Å². The summed E-state index contributed by atoms with van der Waals surface area (Å²) in [5, 5.41) is 0.